The van der Waals surface area contributed by atoms with Crippen LogP contribution in [0.2, 0.25) is 0 Å². The first-order valence-corrected chi connectivity index (χ1v) is 6.63. The van der Waals surface area contributed by atoms with Crippen molar-refractivity contribution in [1.82, 2.24) is 0 Å². The third kappa shape index (κ3) is 8.93. The standard InChI is InChI=1S/C14H28N2O/c1-11(2)7-8-14(17)10-13(12(3)16)6-4-5-9-15/h11,13H,3-10,15-16H2,1-2H3. The Morgan fingerprint density at radius 2 is 1.88 bits per heavy atom. The number of ketones is 1. The smallest absolute Gasteiger partial charge is 0.133 e. The van der Waals surface area contributed by atoms with Crippen molar-refractivity contribution < 1.29 is 4.79 Å². The van der Waals surface area contributed by atoms with E-state index in [4.69, 9.17) is 11.5 Å². The molecule has 0 spiro atoms. The van der Waals surface area contributed by atoms with Crippen LogP contribution in [0, 0.1) is 11.8 Å². The van der Waals surface area contributed by atoms with E-state index in [9.17, 15) is 4.79 Å². The van der Waals surface area contributed by atoms with E-state index in [0.29, 0.717) is 36.8 Å². The van der Waals surface area contributed by atoms with Gasteiger partial charge in [-0.15, -0.1) is 0 Å². The summed E-state index contributed by atoms with van der Waals surface area (Å²) in [5.41, 5.74) is 11.8. The molecule has 0 radical (unpaired) electrons. The second-order valence-corrected chi connectivity index (χ2v) is 5.23. The number of hydrogen-bond acceptors (Lipinski definition) is 3. The first-order valence-electron chi connectivity index (χ1n) is 6.63. The fourth-order valence-electron chi connectivity index (χ4n) is 1.78. The average Bonchev–Trinajstić information content (AvgIpc) is 2.25. The Hall–Kier alpha value is -0.830. The number of carbonyl (C=O) groups excluding carboxylic acids is 1. The Morgan fingerprint density at radius 3 is 2.35 bits per heavy atom. The van der Waals surface area contributed by atoms with Gasteiger partial charge in [-0.3, -0.25) is 4.79 Å². The number of Topliss-reactive ketones (excluding diaryl/α,β-unsaturated/α-hetero) is 1. The van der Waals surface area contributed by atoms with Gasteiger partial charge in [-0.05, 0) is 31.7 Å². The van der Waals surface area contributed by atoms with E-state index in [1.807, 2.05) is 0 Å². The zero-order chi connectivity index (χ0) is 13.3. The van der Waals surface area contributed by atoms with Crippen molar-refractivity contribution >= 4 is 5.78 Å². The maximum absolute atomic E-state index is 11.8. The predicted molar refractivity (Wildman–Crippen MR) is 73.4 cm³/mol. The maximum atomic E-state index is 11.8. The lowest BCUT2D eigenvalue weighted by Crippen LogP contribution is -2.16. The minimum absolute atomic E-state index is 0.140. The topological polar surface area (TPSA) is 69.1 Å². The molecule has 0 amide bonds. The Labute approximate surface area is 106 Å². The normalized spacial score (nSPS) is 12.7. The number of allylic oxidation sites excluding steroid dienone is 1. The van der Waals surface area contributed by atoms with Crippen LogP contribution >= 0.6 is 0 Å². The van der Waals surface area contributed by atoms with Crippen molar-refractivity contribution in [3.63, 3.8) is 0 Å². The summed E-state index contributed by atoms with van der Waals surface area (Å²) in [4.78, 5) is 11.8. The molecule has 3 heteroatoms. The molecule has 1 unspecified atom stereocenters. The van der Waals surface area contributed by atoms with Crippen LogP contribution in [0.25, 0.3) is 0 Å². The fourth-order valence-corrected chi connectivity index (χ4v) is 1.78. The van der Waals surface area contributed by atoms with Gasteiger partial charge in [0.05, 0.1) is 0 Å². The van der Waals surface area contributed by atoms with Crippen LogP contribution in [0.3, 0.4) is 0 Å². The van der Waals surface area contributed by atoms with E-state index in [2.05, 4.69) is 20.4 Å². The first-order chi connectivity index (χ1) is 7.97. The molecule has 0 heterocycles. The lowest BCUT2D eigenvalue weighted by molar-refractivity contribution is -0.120. The molecule has 0 fully saturated rings. The van der Waals surface area contributed by atoms with Gasteiger partial charge in [0.25, 0.3) is 0 Å². The number of unbranched alkanes of at least 4 members (excludes halogenated alkanes) is 1. The summed E-state index contributed by atoms with van der Waals surface area (Å²) < 4.78 is 0. The highest BCUT2D eigenvalue weighted by atomic mass is 16.1. The van der Waals surface area contributed by atoms with Gasteiger partial charge in [-0.1, -0.05) is 26.8 Å². The van der Waals surface area contributed by atoms with E-state index in [-0.39, 0.29) is 5.92 Å². The highest BCUT2D eigenvalue weighted by molar-refractivity contribution is 5.78. The van der Waals surface area contributed by atoms with Crippen molar-refractivity contribution in [2.24, 2.45) is 23.3 Å². The van der Waals surface area contributed by atoms with E-state index >= 15 is 0 Å². The summed E-state index contributed by atoms with van der Waals surface area (Å²) in [6.07, 6.45) is 5.12. The Morgan fingerprint density at radius 1 is 1.24 bits per heavy atom. The van der Waals surface area contributed by atoms with Crippen LogP contribution in [-0.4, -0.2) is 12.3 Å². The van der Waals surface area contributed by atoms with E-state index in [1.165, 1.54) is 0 Å². The molecule has 3 nitrogen and oxygen atoms in total. The largest absolute Gasteiger partial charge is 0.402 e. The van der Waals surface area contributed by atoms with Crippen molar-refractivity contribution in [2.45, 2.75) is 52.4 Å². The molecule has 0 rings (SSSR count). The van der Waals surface area contributed by atoms with Gasteiger partial charge >= 0.3 is 0 Å². The minimum Gasteiger partial charge on any atom is -0.402 e. The summed E-state index contributed by atoms with van der Waals surface area (Å²) >= 11 is 0. The Bertz CT molecular complexity index is 236. The third-order valence-electron chi connectivity index (χ3n) is 3.01. The van der Waals surface area contributed by atoms with Gasteiger partial charge in [0.15, 0.2) is 0 Å². The van der Waals surface area contributed by atoms with Crippen LogP contribution < -0.4 is 11.5 Å². The molecule has 0 aliphatic heterocycles. The number of hydrogen-bond donors (Lipinski definition) is 2. The minimum atomic E-state index is 0.140. The predicted octanol–water partition coefficient (Wildman–Crippen LogP) is 2.60. The average molecular weight is 240 g/mol. The van der Waals surface area contributed by atoms with E-state index < -0.39 is 0 Å². The molecule has 0 aliphatic rings. The zero-order valence-corrected chi connectivity index (χ0v) is 11.4. The summed E-state index contributed by atoms with van der Waals surface area (Å²) in [7, 11) is 0. The molecule has 100 valence electrons. The molecule has 0 aliphatic carbocycles. The van der Waals surface area contributed by atoms with Crippen molar-refractivity contribution in [2.75, 3.05) is 6.54 Å². The summed E-state index contributed by atoms with van der Waals surface area (Å²) in [5.74, 6) is 1.03. The quantitative estimate of drug-likeness (QED) is 0.577. The zero-order valence-electron chi connectivity index (χ0n) is 11.4. The molecular formula is C14H28N2O. The Kier molecular flexibility index (Phi) is 8.78. The van der Waals surface area contributed by atoms with Crippen LogP contribution in [0.4, 0.5) is 0 Å². The monoisotopic (exact) mass is 240 g/mol. The lowest BCUT2D eigenvalue weighted by Gasteiger charge is -2.16. The Balaban J connectivity index is 3.98. The van der Waals surface area contributed by atoms with Crippen LogP contribution in [-0.2, 0) is 4.79 Å². The SMILES string of the molecule is C=C(N)C(CCCCN)CC(=O)CCC(C)C. The van der Waals surface area contributed by atoms with Crippen LogP contribution in [0.5, 0.6) is 0 Å². The molecule has 0 aromatic rings. The molecule has 0 aromatic carbocycles. The maximum Gasteiger partial charge on any atom is 0.133 e. The first kappa shape index (κ1) is 16.2. The number of rotatable bonds is 10. The molecular weight excluding hydrogens is 212 g/mol. The molecule has 0 saturated carbocycles. The van der Waals surface area contributed by atoms with Crippen molar-refractivity contribution in [1.29, 1.82) is 0 Å². The second kappa shape index (κ2) is 9.23. The van der Waals surface area contributed by atoms with Gasteiger partial charge in [0, 0.05) is 24.5 Å². The van der Waals surface area contributed by atoms with E-state index in [0.717, 1.165) is 25.7 Å². The molecule has 17 heavy (non-hydrogen) atoms. The lowest BCUT2D eigenvalue weighted by atomic mass is 9.91. The summed E-state index contributed by atoms with van der Waals surface area (Å²) in [6.45, 7) is 8.74. The third-order valence-corrected chi connectivity index (χ3v) is 3.01. The van der Waals surface area contributed by atoms with Gasteiger partial charge < -0.3 is 11.5 Å². The van der Waals surface area contributed by atoms with Crippen molar-refractivity contribution in [3.8, 4) is 0 Å². The highest BCUT2D eigenvalue weighted by Gasteiger charge is 2.15. The highest BCUT2D eigenvalue weighted by Crippen LogP contribution is 2.19. The molecule has 4 N–H and O–H groups in total. The molecule has 0 saturated heterocycles. The molecule has 0 aromatic heterocycles. The van der Waals surface area contributed by atoms with Gasteiger partial charge in [-0.25, -0.2) is 0 Å². The molecule has 0 bridgehead atoms. The van der Waals surface area contributed by atoms with Crippen LogP contribution in [0.15, 0.2) is 12.3 Å². The second-order valence-electron chi connectivity index (χ2n) is 5.23. The van der Waals surface area contributed by atoms with Crippen LogP contribution in [0.1, 0.15) is 52.4 Å². The van der Waals surface area contributed by atoms with Crippen molar-refractivity contribution in [3.05, 3.63) is 12.3 Å². The van der Waals surface area contributed by atoms with Gasteiger partial charge in [0.1, 0.15) is 5.78 Å². The molecule has 1 atom stereocenters. The summed E-state index contributed by atoms with van der Waals surface area (Å²) in [6, 6.07) is 0. The van der Waals surface area contributed by atoms with Gasteiger partial charge in [0.2, 0.25) is 0 Å². The summed E-state index contributed by atoms with van der Waals surface area (Å²) in [5, 5.41) is 0. The van der Waals surface area contributed by atoms with Gasteiger partial charge in [-0.2, -0.15) is 0 Å². The number of carbonyl (C=O) groups is 1. The number of nitrogens with two attached hydrogens (primary N) is 2. The fraction of sp³-hybridized carbons (Fsp3) is 0.786. The van der Waals surface area contributed by atoms with E-state index in [1.54, 1.807) is 0 Å².